The molecule has 3 N–H and O–H groups in total. The third kappa shape index (κ3) is 4.54. The lowest BCUT2D eigenvalue weighted by Gasteiger charge is -2.28. The number of rotatable bonds is 6. The van der Waals surface area contributed by atoms with Gasteiger partial charge in [-0.2, -0.15) is 5.10 Å². The van der Waals surface area contributed by atoms with Gasteiger partial charge in [-0.1, -0.05) is 24.3 Å². The number of aromatic nitrogens is 4. The molecule has 0 radical (unpaired) electrons. The van der Waals surface area contributed by atoms with Crippen LogP contribution in [-0.2, 0) is 0 Å². The molecular formula is C31H29FN6O3. The molecule has 2 aromatic carbocycles. The van der Waals surface area contributed by atoms with Gasteiger partial charge in [-0.15, -0.1) is 0 Å². The first kappa shape index (κ1) is 25.4. The molecule has 0 spiro atoms. The van der Waals surface area contributed by atoms with E-state index >= 15 is 0 Å². The van der Waals surface area contributed by atoms with Crippen molar-refractivity contribution in [1.29, 1.82) is 0 Å². The SMILES string of the molecule is CC(c1oc(=O)c2ccccc2c1C1=CCN(CC2CC2)CC1)n1nc(-c2cc(O)cc(F)c2)c2c(N)ncnc21. The van der Waals surface area contributed by atoms with Crippen molar-refractivity contribution in [2.45, 2.75) is 32.2 Å². The van der Waals surface area contributed by atoms with E-state index < -0.39 is 17.5 Å². The van der Waals surface area contributed by atoms with Crippen LogP contribution in [0.25, 0.3) is 38.6 Å². The number of aromatic hydroxyl groups is 1. The topological polar surface area (TPSA) is 123 Å². The molecule has 41 heavy (non-hydrogen) atoms. The van der Waals surface area contributed by atoms with E-state index in [1.54, 1.807) is 10.7 Å². The van der Waals surface area contributed by atoms with Crippen molar-refractivity contribution >= 4 is 33.2 Å². The van der Waals surface area contributed by atoms with Crippen LogP contribution in [0.1, 0.15) is 43.6 Å². The molecule has 1 unspecified atom stereocenters. The van der Waals surface area contributed by atoms with Crippen LogP contribution in [0.15, 0.2) is 64.1 Å². The van der Waals surface area contributed by atoms with Crippen molar-refractivity contribution in [3.63, 3.8) is 0 Å². The summed E-state index contributed by atoms with van der Waals surface area (Å²) in [6, 6.07) is 10.6. The fourth-order valence-electron chi connectivity index (χ4n) is 5.90. The second-order valence-electron chi connectivity index (χ2n) is 11.0. The number of hydrogen-bond donors (Lipinski definition) is 2. The largest absolute Gasteiger partial charge is 0.508 e. The Balaban J connectivity index is 1.41. The number of benzene rings is 2. The summed E-state index contributed by atoms with van der Waals surface area (Å²) < 4.78 is 22.0. The van der Waals surface area contributed by atoms with Crippen LogP contribution in [0.5, 0.6) is 5.75 Å². The van der Waals surface area contributed by atoms with Gasteiger partial charge in [-0.05, 0) is 61.3 Å². The van der Waals surface area contributed by atoms with Crippen molar-refractivity contribution < 1.29 is 13.9 Å². The van der Waals surface area contributed by atoms with Crippen LogP contribution in [0.2, 0.25) is 0 Å². The molecule has 2 aliphatic rings. The first-order valence-corrected chi connectivity index (χ1v) is 13.8. The van der Waals surface area contributed by atoms with E-state index in [4.69, 9.17) is 15.2 Å². The van der Waals surface area contributed by atoms with Crippen LogP contribution in [0.3, 0.4) is 0 Å². The van der Waals surface area contributed by atoms with Gasteiger partial charge in [0.05, 0.1) is 10.8 Å². The van der Waals surface area contributed by atoms with E-state index in [0.29, 0.717) is 33.4 Å². The van der Waals surface area contributed by atoms with Crippen LogP contribution < -0.4 is 11.4 Å². The fourth-order valence-corrected chi connectivity index (χ4v) is 5.90. The maximum atomic E-state index is 14.3. The van der Waals surface area contributed by atoms with Crippen LogP contribution in [0.4, 0.5) is 10.2 Å². The minimum Gasteiger partial charge on any atom is -0.508 e. The van der Waals surface area contributed by atoms with Gasteiger partial charge >= 0.3 is 5.63 Å². The number of nitrogens with zero attached hydrogens (tertiary/aromatic N) is 5. The number of nitrogens with two attached hydrogens (primary N) is 1. The normalized spacial score (nSPS) is 16.8. The molecule has 0 bridgehead atoms. The van der Waals surface area contributed by atoms with Gasteiger partial charge in [-0.25, -0.2) is 23.8 Å². The quantitative estimate of drug-likeness (QED) is 0.297. The van der Waals surface area contributed by atoms with Gasteiger partial charge in [0, 0.05) is 36.8 Å². The van der Waals surface area contributed by atoms with Gasteiger partial charge in [-0.3, -0.25) is 4.90 Å². The summed E-state index contributed by atoms with van der Waals surface area (Å²) in [6.07, 6.45) is 7.03. The maximum Gasteiger partial charge on any atom is 0.343 e. The van der Waals surface area contributed by atoms with Crippen molar-refractivity contribution in [1.82, 2.24) is 24.6 Å². The highest BCUT2D eigenvalue weighted by Crippen LogP contribution is 2.39. The van der Waals surface area contributed by atoms with Crippen LogP contribution in [-0.4, -0.2) is 49.4 Å². The summed E-state index contributed by atoms with van der Waals surface area (Å²) >= 11 is 0. The second kappa shape index (κ2) is 9.81. The van der Waals surface area contributed by atoms with Crippen LogP contribution >= 0.6 is 0 Å². The third-order valence-electron chi connectivity index (χ3n) is 8.11. The van der Waals surface area contributed by atoms with Gasteiger partial charge in [0.1, 0.15) is 41.2 Å². The number of anilines is 1. The smallest absolute Gasteiger partial charge is 0.343 e. The van der Waals surface area contributed by atoms with Crippen LogP contribution in [0, 0.1) is 11.7 Å². The summed E-state index contributed by atoms with van der Waals surface area (Å²) in [5, 5.41) is 16.6. The molecule has 1 atom stereocenters. The summed E-state index contributed by atoms with van der Waals surface area (Å²) in [5.74, 6) is 0.583. The second-order valence-corrected chi connectivity index (χ2v) is 11.0. The standard InChI is InChI=1S/C31H29FN6O3/c1-17(38-30-26(29(33)34-16-35-30)27(36-38)20-12-21(32)14-22(39)13-20)28-25(23-4-2-3-5-24(23)31(40)41-28)19-8-10-37(11-9-19)15-18-6-7-18/h2-5,8,12-14,16-18,39H,6-7,9-11,15H2,1H3,(H2,33,34,35). The number of hydrogen-bond acceptors (Lipinski definition) is 8. The fraction of sp³-hybridized carbons (Fsp3) is 0.290. The number of fused-ring (bicyclic) bond motifs is 2. The maximum absolute atomic E-state index is 14.3. The molecule has 3 aromatic heterocycles. The van der Waals surface area contributed by atoms with Gasteiger partial charge in [0.2, 0.25) is 0 Å². The molecule has 4 heterocycles. The zero-order valence-corrected chi connectivity index (χ0v) is 22.5. The van der Waals surface area contributed by atoms with Gasteiger partial charge in [0.25, 0.3) is 0 Å². The number of phenols is 1. The minimum atomic E-state index is -0.617. The highest BCUT2D eigenvalue weighted by Gasteiger charge is 2.30. The van der Waals surface area contributed by atoms with Crippen molar-refractivity contribution in [3.8, 4) is 17.0 Å². The summed E-state index contributed by atoms with van der Waals surface area (Å²) in [6.45, 7) is 4.79. The number of phenolic OH excluding ortho intramolecular Hbond substituents is 1. The highest BCUT2D eigenvalue weighted by atomic mass is 19.1. The molecular weight excluding hydrogens is 523 g/mol. The highest BCUT2D eigenvalue weighted by molar-refractivity contribution is 5.99. The molecule has 10 heteroatoms. The average Bonchev–Trinajstić information content (AvgIpc) is 3.69. The summed E-state index contributed by atoms with van der Waals surface area (Å²) in [7, 11) is 0. The molecule has 9 nitrogen and oxygen atoms in total. The predicted octanol–water partition coefficient (Wildman–Crippen LogP) is 5.14. The molecule has 0 amide bonds. The summed E-state index contributed by atoms with van der Waals surface area (Å²) in [4.78, 5) is 24.3. The lowest BCUT2D eigenvalue weighted by atomic mass is 9.92. The van der Waals surface area contributed by atoms with E-state index in [0.717, 1.165) is 54.6 Å². The van der Waals surface area contributed by atoms with E-state index in [-0.39, 0.29) is 11.6 Å². The average molecular weight is 553 g/mol. The molecule has 208 valence electrons. The zero-order valence-electron chi connectivity index (χ0n) is 22.5. The first-order chi connectivity index (χ1) is 19.9. The first-order valence-electron chi connectivity index (χ1n) is 13.8. The number of halogens is 1. The lowest BCUT2D eigenvalue weighted by molar-refractivity contribution is 0.289. The molecule has 1 fully saturated rings. The number of nitrogen functional groups attached to an aromatic ring is 1. The lowest BCUT2D eigenvalue weighted by Crippen LogP contribution is -2.30. The van der Waals surface area contributed by atoms with E-state index in [9.17, 15) is 14.3 Å². The minimum absolute atomic E-state index is 0.165. The molecule has 5 aromatic rings. The molecule has 1 saturated carbocycles. The Kier molecular flexibility index (Phi) is 6.08. The van der Waals surface area contributed by atoms with Crippen molar-refractivity contribution in [2.75, 3.05) is 25.4 Å². The van der Waals surface area contributed by atoms with Crippen molar-refractivity contribution in [3.05, 3.63) is 82.4 Å². The molecule has 1 aliphatic heterocycles. The Labute approximate surface area is 234 Å². The molecule has 7 rings (SSSR count). The molecule has 1 aliphatic carbocycles. The van der Waals surface area contributed by atoms with E-state index in [2.05, 4.69) is 20.9 Å². The van der Waals surface area contributed by atoms with Crippen molar-refractivity contribution in [2.24, 2.45) is 5.92 Å². The van der Waals surface area contributed by atoms with Gasteiger partial charge in [0.15, 0.2) is 5.65 Å². The zero-order chi connectivity index (χ0) is 28.2. The Morgan fingerprint density at radius 1 is 1.17 bits per heavy atom. The third-order valence-corrected chi connectivity index (χ3v) is 8.11. The Bertz CT molecular complexity index is 1890. The monoisotopic (exact) mass is 552 g/mol. The van der Waals surface area contributed by atoms with E-state index in [1.165, 1.54) is 31.3 Å². The molecule has 0 saturated heterocycles. The Morgan fingerprint density at radius 2 is 1.98 bits per heavy atom. The summed E-state index contributed by atoms with van der Waals surface area (Å²) in [5.41, 5.74) is 8.89. The Hall–Kier alpha value is -4.57. The van der Waals surface area contributed by atoms with E-state index in [1.807, 2.05) is 25.1 Å². The predicted molar refractivity (Wildman–Crippen MR) is 155 cm³/mol. The van der Waals surface area contributed by atoms with Gasteiger partial charge < -0.3 is 15.3 Å². The Morgan fingerprint density at radius 3 is 2.71 bits per heavy atom.